The van der Waals surface area contributed by atoms with Crippen LogP contribution >= 0.6 is 0 Å². The van der Waals surface area contributed by atoms with Crippen molar-refractivity contribution in [3.63, 3.8) is 0 Å². The number of hydrogen-bond acceptors (Lipinski definition) is 7. The third kappa shape index (κ3) is 5.33. The highest BCUT2D eigenvalue weighted by Crippen LogP contribution is 2.33. The van der Waals surface area contributed by atoms with Gasteiger partial charge in [0.15, 0.2) is 0 Å². The van der Waals surface area contributed by atoms with E-state index >= 15 is 0 Å². The molecule has 2 saturated heterocycles. The fraction of sp³-hybridized carbons (Fsp3) is 0.480. The Morgan fingerprint density at radius 1 is 0.857 bits per heavy atom. The first-order valence-corrected chi connectivity index (χ1v) is 13.2. The molecule has 35 heavy (non-hydrogen) atoms. The number of carbonyl (C=O) groups excluding carboxylic acids is 1. The van der Waals surface area contributed by atoms with E-state index in [0.29, 0.717) is 38.2 Å². The number of benzene rings is 2. The summed E-state index contributed by atoms with van der Waals surface area (Å²) in [6, 6.07) is 12.6. The molecule has 0 saturated carbocycles. The molecular formula is C25H33N3O6S. The second-order valence-corrected chi connectivity index (χ2v) is 10.6. The molecule has 1 atom stereocenters. The van der Waals surface area contributed by atoms with E-state index in [1.807, 2.05) is 29.2 Å². The van der Waals surface area contributed by atoms with Crippen LogP contribution in [-0.4, -0.2) is 84.1 Å². The molecule has 0 radical (unpaired) electrons. The van der Waals surface area contributed by atoms with Gasteiger partial charge in [0.25, 0.3) is 0 Å². The molecule has 2 fully saturated rings. The van der Waals surface area contributed by atoms with E-state index in [1.54, 1.807) is 19.2 Å². The van der Waals surface area contributed by atoms with Crippen LogP contribution in [0.2, 0.25) is 0 Å². The van der Waals surface area contributed by atoms with Gasteiger partial charge in [-0.15, -0.1) is 0 Å². The van der Waals surface area contributed by atoms with Gasteiger partial charge in [-0.05, 0) is 49.2 Å². The van der Waals surface area contributed by atoms with E-state index in [9.17, 15) is 13.2 Å². The summed E-state index contributed by atoms with van der Waals surface area (Å²) in [6.45, 7) is 3.22. The largest absolute Gasteiger partial charge is 0.497 e. The molecule has 1 amide bonds. The van der Waals surface area contributed by atoms with Gasteiger partial charge in [-0.3, -0.25) is 4.79 Å². The molecular weight excluding hydrogens is 470 g/mol. The van der Waals surface area contributed by atoms with Gasteiger partial charge in [-0.25, -0.2) is 8.42 Å². The summed E-state index contributed by atoms with van der Waals surface area (Å²) < 4.78 is 44.1. The summed E-state index contributed by atoms with van der Waals surface area (Å²) in [6.07, 6.45) is 1.31. The number of ether oxygens (including phenoxy) is 3. The van der Waals surface area contributed by atoms with E-state index in [-0.39, 0.29) is 29.0 Å². The summed E-state index contributed by atoms with van der Waals surface area (Å²) in [7, 11) is 0.725. The first-order valence-electron chi connectivity index (χ1n) is 11.8. The number of nitrogens with zero attached hydrogens (tertiary/aromatic N) is 3. The molecule has 2 aliphatic rings. The molecule has 9 nitrogen and oxygen atoms in total. The number of amides is 1. The van der Waals surface area contributed by atoms with E-state index in [2.05, 4.69) is 4.90 Å². The van der Waals surface area contributed by atoms with Gasteiger partial charge < -0.3 is 24.0 Å². The Bertz CT molecular complexity index is 1130. The fourth-order valence-electron chi connectivity index (χ4n) is 4.72. The average Bonchev–Trinajstić information content (AvgIpc) is 2.92. The van der Waals surface area contributed by atoms with Crippen molar-refractivity contribution in [2.45, 2.75) is 17.7 Å². The number of hydrogen-bond donors (Lipinski definition) is 0. The maximum absolute atomic E-state index is 13.5. The average molecular weight is 504 g/mol. The third-order valence-electron chi connectivity index (χ3n) is 6.75. The van der Waals surface area contributed by atoms with E-state index in [0.717, 1.165) is 24.5 Å². The van der Waals surface area contributed by atoms with Crippen molar-refractivity contribution in [1.82, 2.24) is 9.21 Å². The second kappa shape index (κ2) is 10.7. The lowest BCUT2D eigenvalue weighted by atomic mass is 9.97. The van der Waals surface area contributed by atoms with Crippen molar-refractivity contribution in [3.05, 3.63) is 42.5 Å². The molecule has 190 valence electrons. The van der Waals surface area contributed by atoms with Crippen LogP contribution in [0.15, 0.2) is 47.4 Å². The zero-order chi connectivity index (χ0) is 25.0. The van der Waals surface area contributed by atoms with Crippen LogP contribution in [0.1, 0.15) is 12.8 Å². The molecule has 4 rings (SSSR count). The minimum Gasteiger partial charge on any atom is -0.497 e. The van der Waals surface area contributed by atoms with Gasteiger partial charge in [0.1, 0.15) is 22.1 Å². The van der Waals surface area contributed by atoms with Crippen LogP contribution in [0, 0.1) is 5.92 Å². The first kappa shape index (κ1) is 25.1. The van der Waals surface area contributed by atoms with Crippen molar-refractivity contribution in [1.29, 1.82) is 0 Å². The standard InChI is InChI=1S/C25H33N3O6S/c1-32-21-8-6-20(7-9-21)26-13-15-27(16-14-26)25(29)19-5-4-12-28(18-19)35(30,31)24-17-22(33-2)10-11-23(24)34-3/h6-11,17,19H,4-5,12-16,18H2,1-3H3/t19-/m0/s1. The fourth-order valence-corrected chi connectivity index (χ4v) is 6.42. The number of piperidine rings is 1. The molecule has 0 aromatic heterocycles. The Hall–Kier alpha value is -2.98. The van der Waals surface area contributed by atoms with E-state index in [4.69, 9.17) is 14.2 Å². The van der Waals surface area contributed by atoms with Crippen LogP contribution in [-0.2, 0) is 14.8 Å². The lowest BCUT2D eigenvalue weighted by Crippen LogP contribution is -2.53. The van der Waals surface area contributed by atoms with Crippen LogP contribution in [0.4, 0.5) is 5.69 Å². The van der Waals surface area contributed by atoms with Gasteiger partial charge in [-0.1, -0.05) is 0 Å². The summed E-state index contributed by atoms with van der Waals surface area (Å²) in [5.41, 5.74) is 1.10. The highest BCUT2D eigenvalue weighted by Gasteiger charge is 2.37. The predicted octanol–water partition coefficient (Wildman–Crippen LogP) is 2.46. The van der Waals surface area contributed by atoms with E-state index in [1.165, 1.54) is 24.6 Å². The minimum absolute atomic E-state index is 0.0249. The highest BCUT2D eigenvalue weighted by atomic mass is 32.2. The van der Waals surface area contributed by atoms with Crippen LogP contribution in [0.3, 0.4) is 0 Å². The normalized spacial score (nSPS) is 19.3. The molecule has 2 aliphatic heterocycles. The highest BCUT2D eigenvalue weighted by molar-refractivity contribution is 7.89. The summed E-state index contributed by atoms with van der Waals surface area (Å²) in [4.78, 5) is 17.5. The second-order valence-electron chi connectivity index (χ2n) is 8.73. The topological polar surface area (TPSA) is 88.6 Å². The zero-order valence-corrected chi connectivity index (χ0v) is 21.3. The van der Waals surface area contributed by atoms with Crippen molar-refractivity contribution in [3.8, 4) is 17.2 Å². The molecule has 10 heteroatoms. The Morgan fingerprint density at radius 2 is 1.51 bits per heavy atom. The molecule has 0 aliphatic carbocycles. The van der Waals surface area contributed by atoms with Gasteiger partial charge in [-0.2, -0.15) is 4.31 Å². The van der Waals surface area contributed by atoms with Gasteiger partial charge in [0.2, 0.25) is 15.9 Å². The monoisotopic (exact) mass is 503 g/mol. The molecule has 0 bridgehead atoms. The quantitative estimate of drug-likeness (QED) is 0.574. The Kier molecular flexibility index (Phi) is 7.71. The number of carbonyl (C=O) groups is 1. The first-order chi connectivity index (χ1) is 16.9. The maximum Gasteiger partial charge on any atom is 0.246 e. The van der Waals surface area contributed by atoms with Gasteiger partial charge in [0, 0.05) is 51.0 Å². The van der Waals surface area contributed by atoms with Gasteiger partial charge in [0.05, 0.1) is 27.2 Å². The smallest absolute Gasteiger partial charge is 0.246 e. The number of rotatable bonds is 7. The van der Waals surface area contributed by atoms with Crippen molar-refractivity contribution in [2.24, 2.45) is 5.92 Å². The van der Waals surface area contributed by atoms with Crippen molar-refractivity contribution >= 4 is 21.6 Å². The lowest BCUT2D eigenvalue weighted by Gasteiger charge is -2.39. The summed E-state index contributed by atoms with van der Waals surface area (Å²) >= 11 is 0. The minimum atomic E-state index is -3.85. The predicted molar refractivity (Wildman–Crippen MR) is 133 cm³/mol. The number of sulfonamides is 1. The molecule has 2 aromatic rings. The molecule has 0 unspecified atom stereocenters. The Morgan fingerprint density at radius 3 is 2.14 bits per heavy atom. The van der Waals surface area contributed by atoms with E-state index < -0.39 is 10.0 Å². The molecule has 0 spiro atoms. The maximum atomic E-state index is 13.5. The van der Waals surface area contributed by atoms with Crippen molar-refractivity contribution in [2.75, 3.05) is 65.5 Å². The molecule has 0 N–H and O–H groups in total. The summed E-state index contributed by atoms with van der Waals surface area (Å²) in [5.74, 6) is 1.17. The third-order valence-corrected chi connectivity index (χ3v) is 8.64. The number of anilines is 1. The number of piperazine rings is 1. The molecule has 2 heterocycles. The number of methoxy groups -OCH3 is 3. The Balaban J connectivity index is 1.41. The van der Waals surface area contributed by atoms with Crippen LogP contribution < -0.4 is 19.1 Å². The Labute approximate surface area is 207 Å². The van der Waals surface area contributed by atoms with Crippen LogP contribution in [0.25, 0.3) is 0 Å². The lowest BCUT2D eigenvalue weighted by molar-refractivity contribution is -0.137. The zero-order valence-electron chi connectivity index (χ0n) is 20.5. The van der Waals surface area contributed by atoms with Crippen molar-refractivity contribution < 1.29 is 27.4 Å². The van der Waals surface area contributed by atoms with Gasteiger partial charge >= 0.3 is 0 Å². The SMILES string of the molecule is COc1ccc(N2CCN(C(=O)[C@H]3CCCN(S(=O)(=O)c4cc(OC)ccc4OC)C3)CC2)cc1. The van der Waals surface area contributed by atoms with Crippen LogP contribution in [0.5, 0.6) is 17.2 Å². The molecule has 2 aromatic carbocycles. The summed E-state index contributed by atoms with van der Waals surface area (Å²) in [5, 5.41) is 0.